The van der Waals surface area contributed by atoms with Gasteiger partial charge in [0.25, 0.3) is 0 Å². The van der Waals surface area contributed by atoms with Crippen molar-refractivity contribution in [2.45, 2.75) is 6.10 Å². The van der Waals surface area contributed by atoms with Crippen molar-refractivity contribution < 1.29 is 28.8 Å². The van der Waals surface area contributed by atoms with E-state index < -0.39 is 12.1 Å². The Kier molecular flexibility index (Phi) is 3.49. The molecule has 1 heterocycles. The zero-order chi connectivity index (χ0) is 13.3. The van der Waals surface area contributed by atoms with E-state index in [1.807, 2.05) is 0 Å². The maximum Gasteiger partial charge on any atom is 0.339 e. The fraction of sp³-hybridized carbons (Fsp3) is 0.364. The number of carbonyl (C=O) groups is 1. The number of carbonyl (C=O) groups excluding carboxylic acids is 1. The summed E-state index contributed by atoms with van der Waals surface area (Å²) in [5.74, 6) is -0.111. The number of aliphatic hydroxyl groups is 1. The predicted octanol–water partition coefficient (Wildman–Crippen LogP) is 1.28. The minimum Gasteiger partial charge on any atom is -0.495 e. The monoisotopic (exact) mass is 274 g/mol. The molecule has 6 nitrogen and oxygen atoms in total. The van der Waals surface area contributed by atoms with Crippen molar-refractivity contribution in [3.05, 3.63) is 16.7 Å². The first-order valence-electron chi connectivity index (χ1n) is 5.02. The summed E-state index contributed by atoms with van der Waals surface area (Å²) in [6, 6.07) is 1.50. The molecule has 2 rings (SSSR count). The summed E-state index contributed by atoms with van der Waals surface area (Å²) in [7, 11) is 2.54. The molecule has 1 N–H and O–H groups in total. The molecule has 0 aliphatic carbocycles. The lowest BCUT2D eigenvalue weighted by atomic mass is 10.1. The number of benzene rings is 1. The van der Waals surface area contributed by atoms with Crippen molar-refractivity contribution in [1.82, 2.24) is 0 Å². The van der Waals surface area contributed by atoms with Gasteiger partial charge in [0.15, 0.2) is 17.6 Å². The van der Waals surface area contributed by atoms with Crippen LogP contribution in [-0.4, -0.2) is 32.1 Å². The molecule has 1 aliphatic rings. The third kappa shape index (κ3) is 1.93. The van der Waals surface area contributed by atoms with Crippen LogP contribution in [0, 0.1) is 0 Å². The smallest absolute Gasteiger partial charge is 0.339 e. The van der Waals surface area contributed by atoms with Gasteiger partial charge >= 0.3 is 5.97 Å². The predicted molar refractivity (Wildman–Crippen MR) is 61.1 cm³/mol. The van der Waals surface area contributed by atoms with E-state index in [0.29, 0.717) is 5.75 Å². The summed E-state index contributed by atoms with van der Waals surface area (Å²) in [6.07, 6.45) is -1.56. The summed E-state index contributed by atoms with van der Waals surface area (Å²) < 4.78 is 19.9. The summed E-state index contributed by atoms with van der Waals surface area (Å²) in [6.45, 7) is -0.0142. The number of hydrogen-bond acceptors (Lipinski definition) is 6. The molecule has 0 fully saturated rings. The van der Waals surface area contributed by atoms with Crippen LogP contribution in [-0.2, 0) is 9.53 Å². The normalized spacial score (nSPS) is 14.2. The van der Waals surface area contributed by atoms with E-state index in [4.69, 9.17) is 25.8 Å². The standard InChI is InChI=1S/C11H11ClO6/c1-15-9-5(12)3-6-10(18-4-17-6)7(9)8(13)11(14)16-2/h3,8,13H,4H2,1-2H3. The van der Waals surface area contributed by atoms with Crippen LogP contribution in [0.15, 0.2) is 6.07 Å². The van der Waals surface area contributed by atoms with Crippen molar-refractivity contribution >= 4 is 17.6 Å². The summed E-state index contributed by atoms with van der Waals surface area (Å²) >= 11 is 5.98. The van der Waals surface area contributed by atoms with Crippen LogP contribution < -0.4 is 14.2 Å². The molecule has 0 spiro atoms. The van der Waals surface area contributed by atoms with E-state index in [1.54, 1.807) is 0 Å². The topological polar surface area (TPSA) is 74.2 Å². The van der Waals surface area contributed by atoms with Crippen LogP contribution >= 0.6 is 11.6 Å². The molecule has 0 amide bonds. The maximum absolute atomic E-state index is 11.4. The fourth-order valence-corrected chi connectivity index (χ4v) is 1.98. The Labute approximate surface area is 108 Å². The zero-order valence-electron chi connectivity index (χ0n) is 9.73. The van der Waals surface area contributed by atoms with Gasteiger partial charge in [0.05, 0.1) is 24.8 Å². The van der Waals surface area contributed by atoms with E-state index in [0.717, 1.165) is 0 Å². The number of halogens is 1. The van der Waals surface area contributed by atoms with Crippen LogP contribution in [0.25, 0.3) is 0 Å². The van der Waals surface area contributed by atoms with Crippen LogP contribution in [0.5, 0.6) is 17.2 Å². The third-order valence-corrected chi connectivity index (χ3v) is 2.79. The van der Waals surface area contributed by atoms with E-state index >= 15 is 0 Å². The lowest BCUT2D eigenvalue weighted by Crippen LogP contribution is -2.15. The second-order valence-electron chi connectivity index (χ2n) is 3.46. The van der Waals surface area contributed by atoms with Gasteiger partial charge in [0, 0.05) is 6.07 Å². The molecular weight excluding hydrogens is 264 g/mol. The van der Waals surface area contributed by atoms with Crippen LogP contribution in [0.1, 0.15) is 11.7 Å². The van der Waals surface area contributed by atoms with Gasteiger partial charge in [-0.3, -0.25) is 0 Å². The molecule has 0 saturated heterocycles. The second kappa shape index (κ2) is 4.91. The highest BCUT2D eigenvalue weighted by Gasteiger charge is 2.33. The van der Waals surface area contributed by atoms with Crippen LogP contribution in [0.3, 0.4) is 0 Å². The van der Waals surface area contributed by atoms with E-state index in [9.17, 15) is 9.90 Å². The number of esters is 1. The molecule has 0 saturated carbocycles. The van der Waals surface area contributed by atoms with Crippen LogP contribution in [0.2, 0.25) is 5.02 Å². The summed E-state index contributed by atoms with van der Waals surface area (Å²) in [4.78, 5) is 11.4. The molecule has 1 unspecified atom stereocenters. The third-order valence-electron chi connectivity index (χ3n) is 2.51. The lowest BCUT2D eigenvalue weighted by Gasteiger charge is -2.16. The number of hydrogen-bond donors (Lipinski definition) is 1. The van der Waals surface area contributed by atoms with Gasteiger partial charge in [-0.15, -0.1) is 0 Å². The Bertz CT molecular complexity index is 483. The molecule has 1 atom stereocenters. The Hall–Kier alpha value is -1.66. The van der Waals surface area contributed by atoms with Gasteiger partial charge in [0.2, 0.25) is 6.79 Å². The average Bonchev–Trinajstić information content (AvgIpc) is 2.82. The first-order chi connectivity index (χ1) is 8.60. The van der Waals surface area contributed by atoms with Gasteiger partial charge in [-0.2, -0.15) is 0 Å². The number of fused-ring (bicyclic) bond motifs is 1. The van der Waals surface area contributed by atoms with Gasteiger partial charge in [-0.05, 0) is 0 Å². The molecule has 18 heavy (non-hydrogen) atoms. The minimum absolute atomic E-state index is 0.0142. The van der Waals surface area contributed by atoms with Crippen molar-refractivity contribution in [3.8, 4) is 17.2 Å². The Morgan fingerprint density at radius 2 is 2.22 bits per heavy atom. The van der Waals surface area contributed by atoms with Crippen molar-refractivity contribution in [2.75, 3.05) is 21.0 Å². The fourth-order valence-electron chi connectivity index (χ4n) is 1.70. The number of ether oxygens (including phenoxy) is 4. The Morgan fingerprint density at radius 3 is 2.83 bits per heavy atom. The van der Waals surface area contributed by atoms with E-state index in [2.05, 4.69) is 4.74 Å². The van der Waals surface area contributed by atoms with E-state index in [1.165, 1.54) is 20.3 Å². The summed E-state index contributed by atoms with van der Waals surface area (Å²) in [5, 5.41) is 10.1. The molecule has 0 aromatic heterocycles. The zero-order valence-corrected chi connectivity index (χ0v) is 10.5. The summed E-state index contributed by atoms with van der Waals surface area (Å²) in [5.41, 5.74) is 0.101. The Morgan fingerprint density at radius 1 is 1.50 bits per heavy atom. The highest BCUT2D eigenvalue weighted by atomic mass is 35.5. The van der Waals surface area contributed by atoms with Gasteiger partial charge in [0.1, 0.15) is 5.75 Å². The molecule has 1 aliphatic heterocycles. The molecule has 0 radical (unpaired) electrons. The molecule has 7 heteroatoms. The quantitative estimate of drug-likeness (QED) is 0.837. The maximum atomic E-state index is 11.4. The van der Waals surface area contributed by atoms with Crippen molar-refractivity contribution in [1.29, 1.82) is 0 Å². The minimum atomic E-state index is -1.56. The SMILES string of the molecule is COC(=O)C(O)c1c(OC)c(Cl)cc2c1OCO2. The first-order valence-corrected chi connectivity index (χ1v) is 5.39. The Balaban J connectivity index is 2.59. The van der Waals surface area contributed by atoms with Gasteiger partial charge in [-0.25, -0.2) is 4.79 Å². The highest BCUT2D eigenvalue weighted by molar-refractivity contribution is 6.32. The number of rotatable bonds is 3. The van der Waals surface area contributed by atoms with Crippen LogP contribution in [0.4, 0.5) is 0 Å². The van der Waals surface area contributed by atoms with Crippen molar-refractivity contribution in [2.24, 2.45) is 0 Å². The highest BCUT2D eigenvalue weighted by Crippen LogP contribution is 2.48. The lowest BCUT2D eigenvalue weighted by molar-refractivity contribution is -0.150. The largest absolute Gasteiger partial charge is 0.495 e. The van der Waals surface area contributed by atoms with E-state index in [-0.39, 0.29) is 28.9 Å². The number of aliphatic hydroxyl groups excluding tert-OH is 1. The van der Waals surface area contributed by atoms with Gasteiger partial charge < -0.3 is 24.1 Å². The molecular formula is C11H11ClO6. The van der Waals surface area contributed by atoms with Crippen molar-refractivity contribution in [3.63, 3.8) is 0 Å². The van der Waals surface area contributed by atoms with Gasteiger partial charge in [-0.1, -0.05) is 11.6 Å². The number of methoxy groups -OCH3 is 2. The molecule has 0 bridgehead atoms. The first kappa shape index (κ1) is 12.8. The molecule has 1 aromatic rings. The molecule has 1 aromatic carbocycles. The molecule has 98 valence electrons. The second-order valence-corrected chi connectivity index (χ2v) is 3.87. The average molecular weight is 275 g/mol.